The zero-order chi connectivity index (χ0) is 14.4. The summed E-state index contributed by atoms with van der Waals surface area (Å²) in [5, 5.41) is 3.15. The van der Waals surface area contributed by atoms with Crippen LogP contribution in [-0.4, -0.2) is 62.9 Å². The summed E-state index contributed by atoms with van der Waals surface area (Å²) < 4.78 is 10.7. The van der Waals surface area contributed by atoms with Crippen LogP contribution in [0.1, 0.15) is 26.7 Å². The van der Waals surface area contributed by atoms with Gasteiger partial charge < -0.3 is 14.8 Å². The highest BCUT2D eigenvalue weighted by Gasteiger charge is 2.26. The van der Waals surface area contributed by atoms with Gasteiger partial charge in [-0.1, -0.05) is 13.8 Å². The molecule has 116 valence electrons. The molecule has 1 amide bonds. The van der Waals surface area contributed by atoms with E-state index in [-0.39, 0.29) is 11.8 Å². The average molecular weight is 284 g/mol. The predicted molar refractivity (Wildman–Crippen MR) is 77.6 cm³/mol. The highest BCUT2D eigenvalue weighted by Crippen LogP contribution is 2.16. The summed E-state index contributed by atoms with van der Waals surface area (Å²) in [5.74, 6) is 0.872. The van der Waals surface area contributed by atoms with Gasteiger partial charge in [0.05, 0.1) is 13.2 Å². The summed E-state index contributed by atoms with van der Waals surface area (Å²) >= 11 is 0. The van der Waals surface area contributed by atoms with Gasteiger partial charge in [-0.15, -0.1) is 0 Å². The number of carbonyl (C=O) groups is 1. The predicted octanol–water partition coefficient (Wildman–Crippen LogP) is 0.886. The Labute approximate surface area is 122 Å². The summed E-state index contributed by atoms with van der Waals surface area (Å²) in [6, 6.07) is 0.405. The number of hydrogen-bond donors (Lipinski definition) is 1. The molecule has 0 aromatic carbocycles. The fourth-order valence-electron chi connectivity index (χ4n) is 3.00. The van der Waals surface area contributed by atoms with Gasteiger partial charge in [0, 0.05) is 44.8 Å². The van der Waals surface area contributed by atoms with Crippen molar-refractivity contribution in [1.29, 1.82) is 0 Å². The molecule has 0 saturated carbocycles. The van der Waals surface area contributed by atoms with Crippen molar-refractivity contribution in [2.45, 2.75) is 32.7 Å². The first kappa shape index (κ1) is 15.7. The molecule has 1 atom stereocenters. The van der Waals surface area contributed by atoms with Gasteiger partial charge in [0.1, 0.15) is 0 Å². The van der Waals surface area contributed by atoms with Crippen LogP contribution in [0, 0.1) is 11.8 Å². The third-order valence-corrected chi connectivity index (χ3v) is 4.36. The van der Waals surface area contributed by atoms with E-state index in [1.807, 2.05) is 0 Å². The number of nitrogens with one attached hydrogen (secondary N) is 1. The van der Waals surface area contributed by atoms with Crippen molar-refractivity contribution in [3.63, 3.8) is 0 Å². The molecule has 2 heterocycles. The van der Waals surface area contributed by atoms with Crippen molar-refractivity contribution in [2.24, 2.45) is 11.8 Å². The lowest BCUT2D eigenvalue weighted by atomic mass is 9.98. The zero-order valence-corrected chi connectivity index (χ0v) is 12.8. The summed E-state index contributed by atoms with van der Waals surface area (Å²) in [6.45, 7) is 10.2. The lowest BCUT2D eigenvalue weighted by Gasteiger charge is -2.37. The van der Waals surface area contributed by atoms with E-state index in [1.54, 1.807) is 0 Å². The van der Waals surface area contributed by atoms with Gasteiger partial charge in [-0.25, -0.2) is 0 Å². The number of amides is 1. The number of ether oxygens (including phenoxy) is 2. The summed E-state index contributed by atoms with van der Waals surface area (Å²) in [5.41, 5.74) is 0. The number of hydrogen-bond acceptors (Lipinski definition) is 4. The lowest BCUT2D eigenvalue weighted by Crippen LogP contribution is -2.51. The van der Waals surface area contributed by atoms with E-state index in [0.29, 0.717) is 12.0 Å². The van der Waals surface area contributed by atoms with Crippen LogP contribution in [0.3, 0.4) is 0 Å². The number of carbonyl (C=O) groups excluding carboxylic acids is 1. The van der Waals surface area contributed by atoms with Crippen LogP contribution in [0.2, 0.25) is 0 Å². The van der Waals surface area contributed by atoms with Gasteiger partial charge in [-0.05, 0) is 18.8 Å². The van der Waals surface area contributed by atoms with E-state index >= 15 is 0 Å². The maximum atomic E-state index is 12.2. The van der Waals surface area contributed by atoms with E-state index in [4.69, 9.17) is 9.47 Å². The monoisotopic (exact) mass is 284 g/mol. The molecule has 0 spiro atoms. The van der Waals surface area contributed by atoms with Crippen molar-refractivity contribution in [3.8, 4) is 0 Å². The van der Waals surface area contributed by atoms with Gasteiger partial charge in [0.25, 0.3) is 0 Å². The number of morpholine rings is 1. The molecule has 0 radical (unpaired) electrons. The Morgan fingerprint density at radius 1 is 1.15 bits per heavy atom. The second-order valence-electron chi connectivity index (χ2n) is 6.09. The first-order valence-corrected chi connectivity index (χ1v) is 7.85. The van der Waals surface area contributed by atoms with Gasteiger partial charge in [-0.3, -0.25) is 9.69 Å². The second kappa shape index (κ2) is 7.96. The molecule has 5 nitrogen and oxygen atoms in total. The maximum absolute atomic E-state index is 12.2. The van der Waals surface area contributed by atoms with Crippen LogP contribution < -0.4 is 5.32 Å². The van der Waals surface area contributed by atoms with E-state index < -0.39 is 0 Å². The first-order chi connectivity index (χ1) is 9.68. The minimum atomic E-state index is 0.140. The fourth-order valence-corrected chi connectivity index (χ4v) is 3.00. The van der Waals surface area contributed by atoms with Crippen LogP contribution in [0.15, 0.2) is 0 Å². The van der Waals surface area contributed by atoms with Crippen LogP contribution in [0.5, 0.6) is 0 Å². The van der Waals surface area contributed by atoms with Crippen molar-refractivity contribution < 1.29 is 14.3 Å². The summed E-state index contributed by atoms with van der Waals surface area (Å²) in [7, 11) is 0. The molecule has 2 aliphatic rings. The van der Waals surface area contributed by atoms with E-state index in [2.05, 4.69) is 24.1 Å². The zero-order valence-electron chi connectivity index (χ0n) is 12.8. The molecule has 0 aromatic heterocycles. The van der Waals surface area contributed by atoms with Gasteiger partial charge in [-0.2, -0.15) is 0 Å². The Balaban J connectivity index is 1.80. The Kier molecular flexibility index (Phi) is 6.26. The largest absolute Gasteiger partial charge is 0.381 e. The van der Waals surface area contributed by atoms with Crippen LogP contribution in [-0.2, 0) is 14.3 Å². The van der Waals surface area contributed by atoms with E-state index in [1.165, 1.54) is 0 Å². The molecule has 2 rings (SSSR count). The van der Waals surface area contributed by atoms with Crippen LogP contribution in [0.4, 0.5) is 0 Å². The standard InChI is InChI=1S/C15H28N2O3/c1-12(2)14(17-5-9-20-10-6-17)11-16-15(18)13-3-7-19-8-4-13/h12-14H,3-11H2,1-2H3,(H,16,18). The molecule has 20 heavy (non-hydrogen) atoms. The van der Waals surface area contributed by atoms with Crippen LogP contribution in [0.25, 0.3) is 0 Å². The Hall–Kier alpha value is -0.650. The quantitative estimate of drug-likeness (QED) is 0.814. The SMILES string of the molecule is CC(C)C(CNC(=O)C1CCOCC1)N1CCOCC1. The molecule has 0 aromatic rings. The van der Waals surface area contributed by atoms with Crippen molar-refractivity contribution in [1.82, 2.24) is 10.2 Å². The topological polar surface area (TPSA) is 50.8 Å². The van der Waals surface area contributed by atoms with E-state index in [0.717, 1.165) is 58.9 Å². The Morgan fingerprint density at radius 3 is 2.35 bits per heavy atom. The number of nitrogens with zero attached hydrogens (tertiary/aromatic N) is 1. The molecular weight excluding hydrogens is 256 g/mol. The lowest BCUT2D eigenvalue weighted by molar-refractivity contribution is -0.128. The summed E-state index contributed by atoms with van der Waals surface area (Å²) in [6.07, 6.45) is 1.71. The molecule has 2 aliphatic heterocycles. The molecule has 1 N–H and O–H groups in total. The molecule has 0 bridgehead atoms. The highest BCUT2D eigenvalue weighted by atomic mass is 16.5. The van der Waals surface area contributed by atoms with Gasteiger partial charge in [0.2, 0.25) is 5.91 Å². The van der Waals surface area contributed by atoms with Crippen LogP contribution >= 0.6 is 0 Å². The Bertz CT molecular complexity index is 297. The first-order valence-electron chi connectivity index (χ1n) is 7.85. The summed E-state index contributed by atoms with van der Waals surface area (Å²) in [4.78, 5) is 14.6. The maximum Gasteiger partial charge on any atom is 0.223 e. The third kappa shape index (κ3) is 4.43. The normalized spacial score (nSPS) is 23.8. The highest BCUT2D eigenvalue weighted by molar-refractivity contribution is 5.78. The molecule has 0 aliphatic carbocycles. The molecule has 5 heteroatoms. The molecule has 2 saturated heterocycles. The van der Waals surface area contributed by atoms with Gasteiger partial charge >= 0.3 is 0 Å². The van der Waals surface area contributed by atoms with Crippen molar-refractivity contribution in [2.75, 3.05) is 46.1 Å². The molecular formula is C15H28N2O3. The minimum absolute atomic E-state index is 0.140. The molecule has 1 unspecified atom stereocenters. The average Bonchev–Trinajstić information content (AvgIpc) is 2.49. The second-order valence-corrected chi connectivity index (χ2v) is 6.09. The number of rotatable bonds is 5. The minimum Gasteiger partial charge on any atom is -0.381 e. The Morgan fingerprint density at radius 2 is 1.75 bits per heavy atom. The third-order valence-electron chi connectivity index (χ3n) is 4.36. The fraction of sp³-hybridized carbons (Fsp3) is 0.933. The van der Waals surface area contributed by atoms with E-state index in [9.17, 15) is 4.79 Å². The molecule has 2 fully saturated rings. The smallest absolute Gasteiger partial charge is 0.223 e. The van der Waals surface area contributed by atoms with Crippen molar-refractivity contribution >= 4 is 5.91 Å². The van der Waals surface area contributed by atoms with Gasteiger partial charge in [0.15, 0.2) is 0 Å². The van der Waals surface area contributed by atoms with Crippen molar-refractivity contribution in [3.05, 3.63) is 0 Å².